The Morgan fingerprint density at radius 3 is 2.52 bits per heavy atom. The van der Waals surface area contributed by atoms with Gasteiger partial charge in [0.25, 0.3) is 5.91 Å². The van der Waals surface area contributed by atoms with Gasteiger partial charge in [0.2, 0.25) is 10.0 Å². The first kappa shape index (κ1) is 21.2. The van der Waals surface area contributed by atoms with Crippen molar-refractivity contribution in [2.24, 2.45) is 0 Å². The molecule has 1 amide bonds. The third-order valence-electron chi connectivity index (χ3n) is 4.61. The number of hydrogen-bond donors (Lipinski definition) is 1. The van der Waals surface area contributed by atoms with Gasteiger partial charge in [0.1, 0.15) is 22.3 Å². The molecular weight excluding hydrogens is 402 g/mol. The Bertz CT molecular complexity index is 1010. The molecular formula is C20H22F2N2O4S. The number of amides is 1. The summed E-state index contributed by atoms with van der Waals surface area (Å²) >= 11 is 0. The number of ether oxygens (including phenoxy) is 1. The lowest BCUT2D eigenvalue weighted by Gasteiger charge is -2.27. The summed E-state index contributed by atoms with van der Waals surface area (Å²) < 4.78 is 60.3. The number of sulfonamides is 1. The number of piperidine rings is 1. The molecule has 1 aliphatic heterocycles. The number of benzene rings is 2. The quantitative estimate of drug-likeness (QED) is 0.766. The van der Waals surface area contributed by atoms with Crippen LogP contribution in [-0.4, -0.2) is 38.3 Å². The molecule has 6 nitrogen and oxygen atoms in total. The monoisotopic (exact) mass is 424 g/mol. The molecule has 0 spiro atoms. The zero-order chi connectivity index (χ0) is 21.0. The van der Waals surface area contributed by atoms with Crippen LogP contribution in [0.3, 0.4) is 0 Å². The van der Waals surface area contributed by atoms with Gasteiger partial charge in [0.05, 0.1) is 12.2 Å². The first-order chi connectivity index (χ1) is 13.8. The van der Waals surface area contributed by atoms with Crippen LogP contribution in [0.5, 0.6) is 5.75 Å². The van der Waals surface area contributed by atoms with Crippen LogP contribution in [0.2, 0.25) is 0 Å². The highest BCUT2D eigenvalue weighted by molar-refractivity contribution is 7.89. The van der Waals surface area contributed by atoms with Crippen molar-refractivity contribution in [2.75, 3.05) is 25.0 Å². The molecule has 0 atom stereocenters. The first-order valence-electron chi connectivity index (χ1n) is 9.36. The van der Waals surface area contributed by atoms with E-state index < -0.39 is 33.1 Å². The molecule has 3 rings (SSSR count). The number of nitrogens with one attached hydrogen (secondary N) is 1. The van der Waals surface area contributed by atoms with Crippen LogP contribution < -0.4 is 10.1 Å². The van der Waals surface area contributed by atoms with E-state index in [9.17, 15) is 22.0 Å². The fraction of sp³-hybridized carbons (Fsp3) is 0.350. The van der Waals surface area contributed by atoms with Gasteiger partial charge in [-0.1, -0.05) is 6.42 Å². The predicted octanol–water partition coefficient (Wildman–Crippen LogP) is 3.79. The summed E-state index contributed by atoms with van der Waals surface area (Å²) in [5.74, 6) is -2.34. The van der Waals surface area contributed by atoms with Crippen LogP contribution in [0.1, 0.15) is 36.5 Å². The van der Waals surface area contributed by atoms with Gasteiger partial charge >= 0.3 is 0 Å². The molecule has 0 saturated carbocycles. The topological polar surface area (TPSA) is 75.7 Å². The fourth-order valence-corrected chi connectivity index (χ4v) is 4.85. The van der Waals surface area contributed by atoms with Gasteiger partial charge in [-0.15, -0.1) is 0 Å². The van der Waals surface area contributed by atoms with E-state index in [1.165, 1.54) is 22.5 Å². The number of hydrogen-bond acceptors (Lipinski definition) is 4. The Labute approximate surface area is 168 Å². The maximum atomic E-state index is 13.8. The van der Waals surface area contributed by atoms with Crippen molar-refractivity contribution in [2.45, 2.75) is 31.1 Å². The van der Waals surface area contributed by atoms with Crippen LogP contribution >= 0.6 is 0 Å². The Morgan fingerprint density at radius 1 is 1.10 bits per heavy atom. The van der Waals surface area contributed by atoms with Crippen molar-refractivity contribution in [3.8, 4) is 5.75 Å². The smallest absolute Gasteiger partial charge is 0.258 e. The van der Waals surface area contributed by atoms with Crippen LogP contribution in [-0.2, 0) is 10.0 Å². The lowest BCUT2D eigenvalue weighted by Crippen LogP contribution is -2.35. The fourth-order valence-electron chi connectivity index (χ4n) is 3.18. The van der Waals surface area contributed by atoms with E-state index in [0.717, 1.165) is 37.5 Å². The Kier molecular flexibility index (Phi) is 6.49. The SMILES string of the molecule is CCOc1ccc(NC(=O)c2cc(F)ccc2F)cc1S(=O)(=O)N1CCCCC1. The first-order valence-corrected chi connectivity index (χ1v) is 10.8. The molecule has 0 aromatic heterocycles. The highest BCUT2D eigenvalue weighted by atomic mass is 32.2. The average molecular weight is 424 g/mol. The number of nitrogens with zero attached hydrogens (tertiary/aromatic N) is 1. The zero-order valence-corrected chi connectivity index (χ0v) is 16.8. The third kappa shape index (κ3) is 4.73. The van der Waals surface area contributed by atoms with Crippen molar-refractivity contribution in [3.63, 3.8) is 0 Å². The molecule has 9 heteroatoms. The summed E-state index contributed by atoms with van der Waals surface area (Å²) in [6, 6.07) is 6.73. The minimum atomic E-state index is -3.83. The number of rotatable bonds is 6. The second-order valence-electron chi connectivity index (χ2n) is 6.64. The predicted molar refractivity (Wildman–Crippen MR) is 105 cm³/mol. The van der Waals surface area contributed by atoms with Crippen LogP contribution in [0.4, 0.5) is 14.5 Å². The zero-order valence-electron chi connectivity index (χ0n) is 16.0. The Morgan fingerprint density at radius 2 is 1.83 bits per heavy atom. The standard InChI is InChI=1S/C20H22F2N2O4S/c1-2-28-18-9-7-15(23-20(25)16-12-14(21)6-8-17(16)22)13-19(18)29(26,27)24-10-4-3-5-11-24/h6-9,12-13H,2-5,10-11H2,1H3,(H,23,25). The van der Waals surface area contributed by atoms with E-state index in [-0.39, 0.29) is 22.9 Å². The largest absolute Gasteiger partial charge is 0.492 e. The Hall–Kier alpha value is -2.52. The maximum absolute atomic E-state index is 13.8. The average Bonchev–Trinajstić information content (AvgIpc) is 2.71. The molecule has 2 aromatic carbocycles. The van der Waals surface area contributed by atoms with Crippen LogP contribution in [0.15, 0.2) is 41.3 Å². The van der Waals surface area contributed by atoms with E-state index in [1.807, 2.05) is 0 Å². The van der Waals surface area contributed by atoms with Gasteiger partial charge in [0.15, 0.2) is 0 Å². The normalized spacial score (nSPS) is 15.1. The molecule has 29 heavy (non-hydrogen) atoms. The minimum absolute atomic E-state index is 0.0706. The highest BCUT2D eigenvalue weighted by Crippen LogP contribution is 2.31. The van der Waals surface area contributed by atoms with E-state index in [1.54, 1.807) is 6.92 Å². The van der Waals surface area contributed by atoms with Crippen LogP contribution in [0.25, 0.3) is 0 Å². The van der Waals surface area contributed by atoms with Crippen molar-refractivity contribution in [3.05, 3.63) is 53.6 Å². The summed E-state index contributed by atoms with van der Waals surface area (Å²) in [7, 11) is -3.83. The van der Waals surface area contributed by atoms with Crippen molar-refractivity contribution >= 4 is 21.6 Å². The second-order valence-corrected chi connectivity index (χ2v) is 8.54. The van der Waals surface area contributed by atoms with Gasteiger partial charge in [-0.05, 0) is 56.2 Å². The van der Waals surface area contributed by atoms with Gasteiger partial charge < -0.3 is 10.1 Å². The highest BCUT2D eigenvalue weighted by Gasteiger charge is 2.29. The van der Waals surface area contributed by atoms with Gasteiger partial charge in [-0.3, -0.25) is 4.79 Å². The van der Waals surface area contributed by atoms with E-state index in [2.05, 4.69) is 5.32 Å². The number of halogens is 2. The molecule has 1 aliphatic rings. The molecule has 1 heterocycles. The van der Waals surface area contributed by atoms with Crippen molar-refractivity contribution < 1.29 is 26.7 Å². The summed E-state index contributed by atoms with van der Waals surface area (Å²) in [4.78, 5) is 12.3. The molecule has 1 fully saturated rings. The number of carbonyl (C=O) groups is 1. The van der Waals surface area contributed by atoms with E-state index in [0.29, 0.717) is 13.1 Å². The number of anilines is 1. The molecule has 0 bridgehead atoms. The van der Waals surface area contributed by atoms with Gasteiger partial charge in [-0.25, -0.2) is 17.2 Å². The number of carbonyl (C=O) groups excluding carboxylic acids is 1. The summed E-state index contributed by atoms with van der Waals surface area (Å²) in [6.07, 6.45) is 2.52. The van der Waals surface area contributed by atoms with Gasteiger partial charge in [0, 0.05) is 18.8 Å². The summed E-state index contributed by atoms with van der Waals surface area (Å²) in [5.41, 5.74) is -0.336. The molecule has 0 aliphatic carbocycles. The molecule has 156 valence electrons. The Balaban J connectivity index is 1.94. The third-order valence-corrected chi connectivity index (χ3v) is 6.53. The molecule has 0 radical (unpaired) electrons. The van der Waals surface area contributed by atoms with Crippen LogP contribution in [0, 0.1) is 11.6 Å². The molecule has 1 N–H and O–H groups in total. The van der Waals surface area contributed by atoms with E-state index in [4.69, 9.17) is 4.74 Å². The molecule has 0 unspecified atom stereocenters. The lowest BCUT2D eigenvalue weighted by molar-refractivity contribution is 0.102. The summed E-state index contributed by atoms with van der Waals surface area (Å²) in [5, 5.41) is 2.43. The summed E-state index contributed by atoms with van der Waals surface area (Å²) in [6.45, 7) is 2.83. The minimum Gasteiger partial charge on any atom is -0.492 e. The second kappa shape index (κ2) is 8.87. The van der Waals surface area contributed by atoms with Crippen molar-refractivity contribution in [1.82, 2.24) is 4.31 Å². The van der Waals surface area contributed by atoms with Crippen molar-refractivity contribution in [1.29, 1.82) is 0 Å². The van der Waals surface area contributed by atoms with E-state index >= 15 is 0 Å². The molecule has 2 aromatic rings. The lowest BCUT2D eigenvalue weighted by atomic mass is 10.2. The molecule has 1 saturated heterocycles. The maximum Gasteiger partial charge on any atom is 0.258 e. The van der Waals surface area contributed by atoms with Gasteiger partial charge in [-0.2, -0.15) is 4.31 Å².